The predicted molar refractivity (Wildman–Crippen MR) is 60.8 cm³/mol. The zero-order valence-electron chi connectivity index (χ0n) is 9.66. The average Bonchev–Trinajstić information content (AvgIpc) is 2.34. The molecule has 0 radical (unpaired) electrons. The number of benzene rings is 1. The molecule has 0 saturated heterocycles. The molecule has 0 fully saturated rings. The van der Waals surface area contributed by atoms with Crippen LogP contribution in [-0.4, -0.2) is 24.8 Å². The van der Waals surface area contributed by atoms with E-state index in [0.717, 1.165) is 6.07 Å². The third-order valence-electron chi connectivity index (χ3n) is 2.10. The van der Waals surface area contributed by atoms with Crippen LogP contribution in [-0.2, 0) is 5.88 Å². The topological polar surface area (TPSA) is 61.6 Å². The SMILES string of the molecule is COc1cc(CCl)c([N+](=O)[O-])cc1OCC(F)(F)F. The largest absolute Gasteiger partial charge is 0.493 e. The third kappa shape index (κ3) is 4.16. The summed E-state index contributed by atoms with van der Waals surface area (Å²) in [7, 11) is 1.21. The zero-order chi connectivity index (χ0) is 14.6. The quantitative estimate of drug-likeness (QED) is 0.475. The molecule has 0 spiro atoms. The highest BCUT2D eigenvalue weighted by molar-refractivity contribution is 6.17. The van der Waals surface area contributed by atoms with E-state index in [2.05, 4.69) is 4.74 Å². The second kappa shape index (κ2) is 5.96. The van der Waals surface area contributed by atoms with Crippen molar-refractivity contribution in [2.45, 2.75) is 12.1 Å². The Morgan fingerprint density at radius 2 is 2.00 bits per heavy atom. The minimum atomic E-state index is -4.55. The fourth-order valence-corrected chi connectivity index (χ4v) is 1.51. The summed E-state index contributed by atoms with van der Waals surface area (Å²) in [5.74, 6) is -0.586. The molecule has 0 aliphatic rings. The molecule has 19 heavy (non-hydrogen) atoms. The Morgan fingerprint density at radius 1 is 1.37 bits per heavy atom. The lowest BCUT2D eigenvalue weighted by Crippen LogP contribution is -2.19. The molecule has 0 aliphatic carbocycles. The van der Waals surface area contributed by atoms with Crippen LogP contribution in [0, 0.1) is 10.1 Å². The van der Waals surface area contributed by atoms with Gasteiger partial charge >= 0.3 is 6.18 Å². The second-order valence-corrected chi connectivity index (χ2v) is 3.69. The van der Waals surface area contributed by atoms with Gasteiger partial charge < -0.3 is 9.47 Å². The highest BCUT2D eigenvalue weighted by Crippen LogP contribution is 2.36. The molecule has 0 unspecified atom stereocenters. The van der Waals surface area contributed by atoms with E-state index in [4.69, 9.17) is 16.3 Å². The number of nitrogens with zero attached hydrogens (tertiary/aromatic N) is 1. The van der Waals surface area contributed by atoms with E-state index in [0.29, 0.717) is 0 Å². The summed E-state index contributed by atoms with van der Waals surface area (Å²) in [5.41, 5.74) is -0.296. The van der Waals surface area contributed by atoms with Gasteiger partial charge in [-0.2, -0.15) is 13.2 Å². The predicted octanol–water partition coefficient (Wildman–Crippen LogP) is 3.28. The summed E-state index contributed by atoms with van der Waals surface area (Å²) in [6.07, 6.45) is -4.55. The van der Waals surface area contributed by atoms with Gasteiger partial charge in [-0.15, -0.1) is 11.6 Å². The van der Waals surface area contributed by atoms with Gasteiger partial charge in [0.05, 0.1) is 24.0 Å². The molecule has 0 bridgehead atoms. The van der Waals surface area contributed by atoms with Crippen molar-refractivity contribution in [1.82, 2.24) is 0 Å². The Morgan fingerprint density at radius 3 is 2.42 bits per heavy atom. The summed E-state index contributed by atoms with van der Waals surface area (Å²) in [4.78, 5) is 10.0. The number of alkyl halides is 4. The van der Waals surface area contributed by atoms with Gasteiger partial charge in [-0.1, -0.05) is 0 Å². The second-order valence-electron chi connectivity index (χ2n) is 3.43. The lowest BCUT2D eigenvalue weighted by Gasteiger charge is -2.13. The number of nitro benzene ring substituents is 1. The molecule has 1 aromatic rings. The molecule has 0 heterocycles. The van der Waals surface area contributed by atoms with E-state index in [1.165, 1.54) is 13.2 Å². The van der Waals surface area contributed by atoms with E-state index in [1.54, 1.807) is 0 Å². The van der Waals surface area contributed by atoms with Gasteiger partial charge in [0.1, 0.15) is 0 Å². The molecule has 0 aliphatic heterocycles. The van der Waals surface area contributed by atoms with Gasteiger partial charge in [0.15, 0.2) is 18.1 Å². The first-order valence-corrected chi connectivity index (χ1v) is 5.42. The molecule has 0 N–H and O–H groups in total. The maximum absolute atomic E-state index is 12.1. The summed E-state index contributed by atoms with van der Waals surface area (Å²) < 4.78 is 45.5. The minimum Gasteiger partial charge on any atom is -0.493 e. The zero-order valence-corrected chi connectivity index (χ0v) is 10.4. The molecule has 106 valence electrons. The fourth-order valence-electron chi connectivity index (χ4n) is 1.30. The number of ether oxygens (including phenoxy) is 2. The molecule has 0 saturated carbocycles. The van der Waals surface area contributed by atoms with Crippen molar-refractivity contribution in [3.05, 3.63) is 27.8 Å². The summed E-state index contributed by atoms with van der Waals surface area (Å²) in [6, 6.07) is 2.04. The Bertz CT molecular complexity index is 479. The van der Waals surface area contributed by atoms with Crippen molar-refractivity contribution >= 4 is 17.3 Å². The normalized spacial score (nSPS) is 11.2. The molecule has 0 amide bonds. The van der Waals surface area contributed by atoms with Crippen LogP contribution in [0.1, 0.15) is 5.56 Å². The van der Waals surface area contributed by atoms with Crippen molar-refractivity contribution in [3.63, 3.8) is 0 Å². The molecule has 5 nitrogen and oxygen atoms in total. The molecule has 0 aromatic heterocycles. The van der Waals surface area contributed by atoms with Crippen LogP contribution in [0.5, 0.6) is 11.5 Å². The molecular weight excluding hydrogens is 291 g/mol. The van der Waals surface area contributed by atoms with Crippen molar-refractivity contribution in [3.8, 4) is 11.5 Å². The molecule has 9 heteroatoms. The number of halogens is 4. The number of nitro groups is 1. The average molecular weight is 300 g/mol. The van der Waals surface area contributed by atoms with Crippen molar-refractivity contribution in [1.29, 1.82) is 0 Å². The Balaban J connectivity index is 3.15. The highest BCUT2D eigenvalue weighted by atomic mass is 35.5. The molecule has 0 atom stereocenters. The van der Waals surface area contributed by atoms with E-state index in [-0.39, 0.29) is 22.9 Å². The standard InChI is InChI=1S/C10H9ClF3NO4/c1-18-8-2-6(4-11)7(15(16)17)3-9(8)19-5-10(12,13)14/h2-3H,4-5H2,1H3. The lowest BCUT2D eigenvalue weighted by atomic mass is 10.2. The van der Waals surface area contributed by atoms with Crippen LogP contribution in [0.25, 0.3) is 0 Å². The Labute approximate surface area is 111 Å². The fraction of sp³-hybridized carbons (Fsp3) is 0.400. The van der Waals surface area contributed by atoms with Crippen LogP contribution in [0.3, 0.4) is 0 Å². The van der Waals surface area contributed by atoms with Crippen LogP contribution in [0.15, 0.2) is 12.1 Å². The first kappa shape index (κ1) is 15.4. The van der Waals surface area contributed by atoms with Crippen LogP contribution in [0.2, 0.25) is 0 Å². The monoisotopic (exact) mass is 299 g/mol. The maximum atomic E-state index is 12.1. The first-order valence-electron chi connectivity index (χ1n) is 4.89. The minimum absolute atomic E-state index is 0.0505. The van der Waals surface area contributed by atoms with E-state index in [1.807, 2.05) is 0 Å². The first-order chi connectivity index (χ1) is 8.78. The van der Waals surface area contributed by atoms with Gasteiger partial charge in [0, 0.05) is 5.56 Å². The van der Waals surface area contributed by atoms with E-state index < -0.39 is 23.4 Å². The van der Waals surface area contributed by atoms with Gasteiger partial charge in [0.25, 0.3) is 5.69 Å². The lowest BCUT2D eigenvalue weighted by molar-refractivity contribution is -0.385. The van der Waals surface area contributed by atoms with Gasteiger partial charge in [-0.25, -0.2) is 0 Å². The molecule has 1 aromatic carbocycles. The van der Waals surface area contributed by atoms with Crippen LogP contribution < -0.4 is 9.47 Å². The van der Waals surface area contributed by atoms with Gasteiger partial charge in [-0.3, -0.25) is 10.1 Å². The van der Waals surface area contributed by atoms with Crippen molar-refractivity contribution in [2.24, 2.45) is 0 Å². The highest BCUT2D eigenvalue weighted by Gasteiger charge is 2.30. The summed E-state index contributed by atoms with van der Waals surface area (Å²) in [6.45, 7) is -1.57. The molecular formula is C10H9ClF3NO4. The Kier molecular flexibility index (Phi) is 4.82. The van der Waals surface area contributed by atoms with Crippen LogP contribution >= 0.6 is 11.6 Å². The number of rotatable bonds is 5. The number of methoxy groups -OCH3 is 1. The van der Waals surface area contributed by atoms with E-state index >= 15 is 0 Å². The van der Waals surface area contributed by atoms with Gasteiger partial charge in [0.2, 0.25) is 0 Å². The Hall–Kier alpha value is -1.70. The van der Waals surface area contributed by atoms with E-state index in [9.17, 15) is 23.3 Å². The maximum Gasteiger partial charge on any atom is 0.422 e. The summed E-state index contributed by atoms with van der Waals surface area (Å²) in [5, 5.41) is 10.8. The number of hydrogen-bond acceptors (Lipinski definition) is 4. The number of hydrogen-bond donors (Lipinski definition) is 0. The third-order valence-corrected chi connectivity index (χ3v) is 2.38. The van der Waals surface area contributed by atoms with Crippen molar-refractivity contribution < 1.29 is 27.6 Å². The summed E-state index contributed by atoms with van der Waals surface area (Å²) >= 11 is 5.53. The molecule has 1 rings (SSSR count). The smallest absolute Gasteiger partial charge is 0.422 e. The van der Waals surface area contributed by atoms with Crippen LogP contribution in [0.4, 0.5) is 18.9 Å². The van der Waals surface area contributed by atoms with Gasteiger partial charge in [-0.05, 0) is 6.07 Å². The van der Waals surface area contributed by atoms with Crippen molar-refractivity contribution in [2.75, 3.05) is 13.7 Å².